The van der Waals surface area contributed by atoms with Gasteiger partial charge >= 0.3 is 17.8 Å². The molecule has 0 aliphatic rings. The summed E-state index contributed by atoms with van der Waals surface area (Å²) in [5, 5.41) is 17.6. The van der Waals surface area contributed by atoms with Crippen molar-refractivity contribution in [2.24, 2.45) is 5.92 Å². The van der Waals surface area contributed by atoms with Crippen LogP contribution < -0.4 is 4.90 Å². The normalized spacial score (nSPS) is 11.7. The third kappa shape index (κ3) is 3.80. The van der Waals surface area contributed by atoms with Crippen molar-refractivity contribution < 1.29 is 24.6 Å². The maximum absolute atomic E-state index is 11.6. The molecule has 0 bridgehead atoms. The molecule has 0 saturated carbocycles. The maximum atomic E-state index is 11.6. The molecule has 6 heteroatoms. The Labute approximate surface area is 110 Å². The molecule has 0 aliphatic carbocycles. The average Bonchev–Trinajstić information content (AvgIpc) is 2.35. The Kier molecular flexibility index (Phi) is 4.63. The quantitative estimate of drug-likeness (QED) is 0.796. The highest BCUT2D eigenvalue weighted by Gasteiger charge is 2.26. The van der Waals surface area contributed by atoms with Crippen LogP contribution in [0.15, 0.2) is 24.3 Å². The van der Waals surface area contributed by atoms with E-state index in [4.69, 9.17) is 10.2 Å². The largest absolute Gasteiger partial charge is 0.481 e. The first-order chi connectivity index (χ1) is 8.82. The molecule has 0 saturated heterocycles. The Bertz CT molecular complexity index is 494. The van der Waals surface area contributed by atoms with Gasteiger partial charge in [0.15, 0.2) is 0 Å². The summed E-state index contributed by atoms with van der Waals surface area (Å²) in [5.41, 5.74) is 1.32. The Balaban J connectivity index is 3.05. The Morgan fingerprint density at radius 3 is 2.11 bits per heavy atom. The summed E-state index contributed by atoms with van der Waals surface area (Å²) in [7, 11) is 0. The molecular formula is C13H15NO5. The fourth-order valence-electron chi connectivity index (χ4n) is 1.50. The highest BCUT2D eigenvalue weighted by atomic mass is 16.4. The molecule has 19 heavy (non-hydrogen) atoms. The van der Waals surface area contributed by atoms with Gasteiger partial charge < -0.3 is 15.1 Å². The number of benzene rings is 1. The number of hydrogen-bond donors (Lipinski definition) is 2. The van der Waals surface area contributed by atoms with Crippen LogP contribution in [-0.4, -0.2) is 34.6 Å². The molecule has 0 radical (unpaired) electrons. The minimum atomic E-state index is -1.61. The van der Waals surface area contributed by atoms with E-state index in [0.29, 0.717) is 5.69 Å². The monoisotopic (exact) mass is 265 g/mol. The van der Waals surface area contributed by atoms with E-state index in [2.05, 4.69) is 0 Å². The number of carboxylic acids is 2. The zero-order valence-electron chi connectivity index (χ0n) is 10.7. The van der Waals surface area contributed by atoms with Crippen LogP contribution in [0.2, 0.25) is 0 Å². The molecule has 1 aromatic carbocycles. The minimum absolute atomic E-state index is 0.191. The summed E-state index contributed by atoms with van der Waals surface area (Å²) in [6.45, 7) is 3.08. The Morgan fingerprint density at radius 2 is 1.68 bits per heavy atom. The van der Waals surface area contributed by atoms with E-state index in [-0.39, 0.29) is 6.54 Å². The second kappa shape index (κ2) is 5.99. The highest BCUT2D eigenvalue weighted by Crippen LogP contribution is 2.17. The van der Waals surface area contributed by atoms with Crippen LogP contribution >= 0.6 is 0 Å². The van der Waals surface area contributed by atoms with E-state index in [9.17, 15) is 14.4 Å². The molecule has 1 aromatic rings. The van der Waals surface area contributed by atoms with Crippen molar-refractivity contribution in [3.63, 3.8) is 0 Å². The zero-order valence-corrected chi connectivity index (χ0v) is 10.7. The number of carbonyl (C=O) groups excluding carboxylic acids is 1. The number of aryl methyl sites for hydroxylation is 1. The van der Waals surface area contributed by atoms with Gasteiger partial charge in [-0.2, -0.15) is 0 Å². The number of carbonyl (C=O) groups is 3. The summed E-state index contributed by atoms with van der Waals surface area (Å²) >= 11 is 0. The van der Waals surface area contributed by atoms with E-state index in [1.807, 2.05) is 6.92 Å². The number of aliphatic carboxylic acids is 2. The van der Waals surface area contributed by atoms with E-state index in [1.54, 1.807) is 24.3 Å². The van der Waals surface area contributed by atoms with Crippen molar-refractivity contribution >= 4 is 23.5 Å². The molecule has 0 aliphatic heterocycles. The van der Waals surface area contributed by atoms with Crippen LogP contribution in [0.1, 0.15) is 12.5 Å². The van der Waals surface area contributed by atoms with Gasteiger partial charge in [0.2, 0.25) is 0 Å². The van der Waals surface area contributed by atoms with Crippen LogP contribution in [0.25, 0.3) is 0 Å². The molecule has 2 N–H and O–H groups in total. The standard InChI is InChI=1S/C13H15NO5/c1-8-3-5-10(6-4-8)14(11(15)13(18)19)7-9(2)12(16)17/h3-6,9H,7H2,1-2H3,(H,16,17)(H,18,19). The molecule has 102 valence electrons. The summed E-state index contributed by atoms with van der Waals surface area (Å²) < 4.78 is 0. The molecule has 1 unspecified atom stereocenters. The average molecular weight is 265 g/mol. The van der Waals surface area contributed by atoms with Gasteiger partial charge in [-0.3, -0.25) is 9.59 Å². The van der Waals surface area contributed by atoms with Crippen LogP contribution in [-0.2, 0) is 14.4 Å². The number of carboxylic acid groups (broad SMARTS) is 2. The van der Waals surface area contributed by atoms with Crippen molar-refractivity contribution in [3.05, 3.63) is 29.8 Å². The number of amides is 1. The van der Waals surface area contributed by atoms with Crippen molar-refractivity contribution in [1.29, 1.82) is 0 Å². The summed E-state index contributed by atoms with van der Waals surface area (Å²) in [6.07, 6.45) is 0. The fraction of sp³-hybridized carbons (Fsp3) is 0.308. The second-order valence-corrected chi connectivity index (χ2v) is 4.30. The molecule has 0 fully saturated rings. The number of rotatable bonds is 4. The maximum Gasteiger partial charge on any atom is 0.394 e. The molecule has 1 rings (SSSR count). The molecule has 1 amide bonds. The number of nitrogens with zero attached hydrogens (tertiary/aromatic N) is 1. The molecule has 0 aromatic heterocycles. The first kappa shape index (κ1) is 14.7. The van der Waals surface area contributed by atoms with Gasteiger partial charge in [0.25, 0.3) is 0 Å². The Morgan fingerprint density at radius 1 is 1.16 bits per heavy atom. The first-order valence-corrected chi connectivity index (χ1v) is 5.67. The smallest absolute Gasteiger partial charge is 0.394 e. The minimum Gasteiger partial charge on any atom is -0.481 e. The van der Waals surface area contributed by atoms with Gasteiger partial charge in [0.1, 0.15) is 0 Å². The lowest BCUT2D eigenvalue weighted by Crippen LogP contribution is -2.41. The van der Waals surface area contributed by atoms with Gasteiger partial charge in [-0.05, 0) is 19.1 Å². The van der Waals surface area contributed by atoms with Gasteiger partial charge in [0, 0.05) is 12.2 Å². The zero-order chi connectivity index (χ0) is 14.6. The van der Waals surface area contributed by atoms with Crippen LogP contribution in [0.4, 0.5) is 5.69 Å². The second-order valence-electron chi connectivity index (χ2n) is 4.30. The van der Waals surface area contributed by atoms with E-state index >= 15 is 0 Å². The lowest BCUT2D eigenvalue weighted by molar-refractivity contribution is -0.149. The topological polar surface area (TPSA) is 94.9 Å². The van der Waals surface area contributed by atoms with Crippen molar-refractivity contribution in [3.8, 4) is 0 Å². The SMILES string of the molecule is Cc1ccc(N(CC(C)C(=O)O)C(=O)C(=O)O)cc1. The van der Waals surface area contributed by atoms with Crippen LogP contribution in [0.3, 0.4) is 0 Å². The highest BCUT2D eigenvalue weighted by molar-refractivity contribution is 6.37. The first-order valence-electron chi connectivity index (χ1n) is 5.67. The lowest BCUT2D eigenvalue weighted by Gasteiger charge is -2.22. The fourth-order valence-corrected chi connectivity index (χ4v) is 1.50. The number of anilines is 1. The van der Waals surface area contributed by atoms with Crippen LogP contribution in [0.5, 0.6) is 0 Å². The molecule has 0 spiro atoms. The van der Waals surface area contributed by atoms with Gasteiger partial charge in [-0.25, -0.2) is 4.79 Å². The van der Waals surface area contributed by atoms with E-state index < -0.39 is 23.8 Å². The third-order valence-corrected chi connectivity index (χ3v) is 2.65. The lowest BCUT2D eigenvalue weighted by atomic mass is 10.1. The van der Waals surface area contributed by atoms with Crippen molar-refractivity contribution in [2.45, 2.75) is 13.8 Å². The molecule has 6 nitrogen and oxygen atoms in total. The summed E-state index contributed by atoms with van der Waals surface area (Å²) in [6, 6.07) is 6.63. The summed E-state index contributed by atoms with van der Waals surface area (Å²) in [5.74, 6) is -4.70. The predicted molar refractivity (Wildman–Crippen MR) is 68.0 cm³/mol. The molecule has 1 atom stereocenters. The van der Waals surface area contributed by atoms with E-state index in [0.717, 1.165) is 10.5 Å². The third-order valence-electron chi connectivity index (χ3n) is 2.65. The van der Waals surface area contributed by atoms with E-state index in [1.165, 1.54) is 6.92 Å². The molecule has 0 heterocycles. The molecular weight excluding hydrogens is 250 g/mol. The predicted octanol–water partition coefficient (Wildman–Crippen LogP) is 1.13. The summed E-state index contributed by atoms with van der Waals surface area (Å²) in [4.78, 5) is 34.2. The van der Waals surface area contributed by atoms with Gasteiger partial charge in [-0.1, -0.05) is 24.6 Å². The van der Waals surface area contributed by atoms with Crippen LogP contribution in [0, 0.1) is 12.8 Å². The van der Waals surface area contributed by atoms with Crippen molar-refractivity contribution in [2.75, 3.05) is 11.4 Å². The van der Waals surface area contributed by atoms with Gasteiger partial charge in [-0.15, -0.1) is 0 Å². The van der Waals surface area contributed by atoms with Crippen molar-refractivity contribution in [1.82, 2.24) is 0 Å². The van der Waals surface area contributed by atoms with Gasteiger partial charge in [0.05, 0.1) is 5.92 Å². The Hall–Kier alpha value is -2.37. The number of hydrogen-bond acceptors (Lipinski definition) is 3.